The summed E-state index contributed by atoms with van der Waals surface area (Å²) in [6.07, 6.45) is 6.20. The van der Waals surface area contributed by atoms with Gasteiger partial charge in [0.05, 0.1) is 7.11 Å². The highest BCUT2D eigenvalue weighted by atomic mass is 16.5. The van der Waals surface area contributed by atoms with E-state index in [0.717, 1.165) is 12.3 Å². The minimum atomic E-state index is 0.257. The molecule has 2 atom stereocenters. The fourth-order valence-corrected chi connectivity index (χ4v) is 4.70. The SMILES string of the molecule is C=C1CCC[C@]2(C)c3cc(OC)c(CN(C)C)cc3CC[C@@H]12. The first kappa shape index (κ1) is 15.6. The summed E-state index contributed by atoms with van der Waals surface area (Å²) in [7, 11) is 6.02. The van der Waals surface area contributed by atoms with Crippen LogP contribution in [-0.4, -0.2) is 26.1 Å². The first-order valence-electron chi connectivity index (χ1n) is 8.48. The number of nitrogens with zero attached hydrogens (tertiary/aromatic N) is 1. The van der Waals surface area contributed by atoms with Crippen LogP contribution in [0.1, 0.15) is 49.3 Å². The summed E-state index contributed by atoms with van der Waals surface area (Å²) in [4.78, 5) is 2.21. The molecule has 0 unspecified atom stereocenters. The van der Waals surface area contributed by atoms with E-state index < -0.39 is 0 Å². The van der Waals surface area contributed by atoms with Gasteiger partial charge in [-0.3, -0.25) is 0 Å². The summed E-state index contributed by atoms with van der Waals surface area (Å²) >= 11 is 0. The van der Waals surface area contributed by atoms with E-state index in [1.54, 1.807) is 7.11 Å². The van der Waals surface area contributed by atoms with E-state index in [9.17, 15) is 0 Å². The van der Waals surface area contributed by atoms with Gasteiger partial charge in [0.15, 0.2) is 0 Å². The van der Waals surface area contributed by atoms with Crippen molar-refractivity contribution < 1.29 is 4.74 Å². The Morgan fingerprint density at radius 2 is 2.09 bits per heavy atom. The predicted octanol–water partition coefficient (Wildman–Crippen LogP) is 4.32. The molecule has 0 saturated heterocycles. The molecule has 22 heavy (non-hydrogen) atoms. The molecule has 2 aliphatic rings. The van der Waals surface area contributed by atoms with Crippen molar-refractivity contribution in [2.45, 2.75) is 51.0 Å². The Morgan fingerprint density at radius 3 is 2.77 bits per heavy atom. The van der Waals surface area contributed by atoms with E-state index in [1.807, 2.05) is 0 Å². The van der Waals surface area contributed by atoms with Gasteiger partial charge < -0.3 is 9.64 Å². The van der Waals surface area contributed by atoms with Crippen LogP contribution in [0.4, 0.5) is 0 Å². The van der Waals surface area contributed by atoms with Gasteiger partial charge in [0.2, 0.25) is 0 Å². The van der Waals surface area contributed by atoms with Crippen molar-refractivity contribution in [3.8, 4) is 5.75 Å². The Balaban J connectivity index is 2.07. The fourth-order valence-electron chi connectivity index (χ4n) is 4.70. The molecular weight excluding hydrogens is 270 g/mol. The second-order valence-corrected chi connectivity index (χ2v) is 7.58. The fraction of sp³-hybridized carbons (Fsp3) is 0.600. The summed E-state index contributed by atoms with van der Waals surface area (Å²) in [5.41, 5.74) is 6.08. The standard InChI is InChI=1S/C20H29NO/c1-14-7-6-10-20(2)17(14)9-8-15-11-16(13-21(3)4)19(22-5)12-18(15)20/h11-12,17H,1,6-10,13H2,2-5H3/t17-,20-/m0/s1. The summed E-state index contributed by atoms with van der Waals surface area (Å²) in [5, 5.41) is 0. The Labute approximate surface area is 135 Å². The van der Waals surface area contributed by atoms with Crippen molar-refractivity contribution in [1.29, 1.82) is 0 Å². The number of aryl methyl sites for hydroxylation is 1. The Hall–Kier alpha value is -1.28. The van der Waals surface area contributed by atoms with E-state index in [-0.39, 0.29) is 5.41 Å². The lowest BCUT2D eigenvalue weighted by Crippen LogP contribution is -2.40. The molecule has 2 nitrogen and oxygen atoms in total. The first-order chi connectivity index (χ1) is 10.5. The van der Waals surface area contributed by atoms with Crippen molar-refractivity contribution >= 4 is 0 Å². The highest BCUT2D eigenvalue weighted by Crippen LogP contribution is 2.52. The molecule has 2 heteroatoms. The smallest absolute Gasteiger partial charge is 0.123 e. The molecule has 0 bridgehead atoms. The summed E-state index contributed by atoms with van der Waals surface area (Å²) in [6, 6.07) is 4.73. The van der Waals surface area contributed by atoms with Gasteiger partial charge in [0, 0.05) is 12.1 Å². The van der Waals surface area contributed by atoms with Gasteiger partial charge in [-0.25, -0.2) is 0 Å². The third kappa shape index (κ3) is 2.48. The zero-order valence-electron chi connectivity index (χ0n) is 14.5. The van der Waals surface area contributed by atoms with Crippen molar-refractivity contribution in [2.24, 2.45) is 5.92 Å². The molecule has 3 rings (SSSR count). The van der Waals surface area contributed by atoms with Crippen LogP contribution < -0.4 is 4.74 Å². The van der Waals surface area contributed by atoms with Gasteiger partial charge in [0.25, 0.3) is 0 Å². The van der Waals surface area contributed by atoms with Gasteiger partial charge in [-0.05, 0) is 74.7 Å². The van der Waals surface area contributed by atoms with Crippen LogP contribution in [0.25, 0.3) is 0 Å². The molecule has 1 aromatic carbocycles. The average molecular weight is 299 g/mol. The zero-order valence-corrected chi connectivity index (χ0v) is 14.5. The molecule has 0 aliphatic heterocycles. The second-order valence-electron chi connectivity index (χ2n) is 7.58. The van der Waals surface area contributed by atoms with Crippen LogP contribution in [0.15, 0.2) is 24.3 Å². The molecule has 0 heterocycles. The van der Waals surface area contributed by atoms with E-state index in [4.69, 9.17) is 4.74 Å². The van der Waals surface area contributed by atoms with Gasteiger partial charge in [-0.15, -0.1) is 0 Å². The van der Waals surface area contributed by atoms with Gasteiger partial charge in [-0.1, -0.05) is 25.1 Å². The van der Waals surface area contributed by atoms with Crippen molar-refractivity contribution in [3.63, 3.8) is 0 Å². The Kier molecular flexibility index (Phi) is 4.07. The largest absolute Gasteiger partial charge is 0.496 e. The lowest BCUT2D eigenvalue weighted by atomic mass is 9.57. The lowest BCUT2D eigenvalue weighted by Gasteiger charge is -2.48. The quantitative estimate of drug-likeness (QED) is 0.771. The molecule has 1 aromatic rings. The van der Waals surface area contributed by atoms with Gasteiger partial charge >= 0.3 is 0 Å². The van der Waals surface area contributed by atoms with Crippen molar-refractivity contribution in [2.75, 3.05) is 21.2 Å². The van der Waals surface area contributed by atoms with Crippen LogP contribution in [0.5, 0.6) is 5.75 Å². The average Bonchev–Trinajstić information content (AvgIpc) is 2.46. The Bertz CT molecular complexity index is 590. The normalized spacial score (nSPS) is 27.5. The third-order valence-electron chi connectivity index (χ3n) is 5.77. The molecule has 1 saturated carbocycles. The van der Waals surface area contributed by atoms with Crippen LogP contribution in [-0.2, 0) is 18.4 Å². The molecule has 120 valence electrons. The molecular formula is C20H29NO. The lowest BCUT2D eigenvalue weighted by molar-refractivity contribution is 0.234. The monoisotopic (exact) mass is 299 g/mol. The molecule has 0 aromatic heterocycles. The number of benzene rings is 1. The van der Waals surface area contributed by atoms with Crippen LogP contribution in [0.3, 0.4) is 0 Å². The minimum Gasteiger partial charge on any atom is -0.496 e. The van der Waals surface area contributed by atoms with Crippen molar-refractivity contribution in [3.05, 3.63) is 41.0 Å². The van der Waals surface area contributed by atoms with E-state index in [2.05, 4.69) is 44.6 Å². The van der Waals surface area contributed by atoms with E-state index in [1.165, 1.54) is 54.4 Å². The van der Waals surface area contributed by atoms with Crippen molar-refractivity contribution in [1.82, 2.24) is 4.90 Å². The number of methoxy groups -OCH3 is 1. The first-order valence-corrected chi connectivity index (χ1v) is 8.48. The topological polar surface area (TPSA) is 12.5 Å². The van der Waals surface area contributed by atoms with Crippen LogP contribution in [0, 0.1) is 5.92 Å². The predicted molar refractivity (Wildman–Crippen MR) is 92.5 cm³/mol. The molecule has 0 radical (unpaired) electrons. The Morgan fingerprint density at radius 1 is 1.32 bits per heavy atom. The maximum Gasteiger partial charge on any atom is 0.123 e. The van der Waals surface area contributed by atoms with Crippen LogP contribution in [0.2, 0.25) is 0 Å². The van der Waals surface area contributed by atoms with E-state index >= 15 is 0 Å². The molecule has 0 N–H and O–H groups in total. The molecule has 2 aliphatic carbocycles. The summed E-state index contributed by atoms with van der Waals surface area (Å²) in [5.74, 6) is 1.70. The number of ether oxygens (including phenoxy) is 1. The maximum absolute atomic E-state index is 5.71. The van der Waals surface area contributed by atoms with E-state index in [0.29, 0.717) is 5.92 Å². The number of allylic oxidation sites excluding steroid dienone is 1. The zero-order chi connectivity index (χ0) is 15.9. The number of fused-ring (bicyclic) bond motifs is 3. The summed E-state index contributed by atoms with van der Waals surface area (Å²) in [6.45, 7) is 7.76. The molecule has 1 fully saturated rings. The second kappa shape index (κ2) is 5.73. The number of rotatable bonds is 3. The number of hydrogen-bond acceptors (Lipinski definition) is 2. The van der Waals surface area contributed by atoms with Crippen LogP contribution >= 0.6 is 0 Å². The molecule has 0 spiro atoms. The molecule has 0 amide bonds. The summed E-state index contributed by atoms with van der Waals surface area (Å²) < 4.78 is 5.71. The highest BCUT2D eigenvalue weighted by Gasteiger charge is 2.43. The minimum absolute atomic E-state index is 0.257. The maximum atomic E-state index is 5.71. The van der Waals surface area contributed by atoms with Gasteiger partial charge in [0.1, 0.15) is 5.75 Å². The highest BCUT2D eigenvalue weighted by molar-refractivity contribution is 5.49. The number of hydrogen-bond donors (Lipinski definition) is 0. The van der Waals surface area contributed by atoms with Gasteiger partial charge in [-0.2, -0.15) is 0 Å². The third-order valence-corrected chi connectivity index (χ3v) is 5.77.